The van der Waals surface area contributed by atoms with E-state index >= 15 is 0 Å². The summed E-state index contributed by atoms with van der Waals surface area (Å²) in [5, 5.41) is -0.494. The van der Waals surface area contributed by atoms with Crippen LogP contribution in [0.5, 0.6) is 23.0 Å². The number of hydrogen-bond donors (Lipinski definition) is 0. The molecule has 0 aliphatic heterocycles. The molecule has 0 bridgehead atoms. The van der Waals surface area contributed by atoms with Gasteiger partial charge >= 0.3 is 23.9 Å². The predicted octanol–water partition coefficient (Wildman–Crippen LogP) is 11.8. The standard InChI is InChI=1S/C42H31Cl8NO12/c1-56-35-25(47)14-10-21(43)31(35)39(52)60-18-29(62-41(54)33-23(45)12-16-27(49)37(33)58-3)51(20-8-6-5-7-9-20)30(63-42(55)34-24(46)13-17-28(50)38(34)59-4)19-61-40(53)32-22(44)11-15-26(48)36(32)57-2/h5-17,29-30H,18-19H2,1-4H3. The lowest BCUT2D eigenvalue weighted by Gasteiger charge is -2.38. The number of rotatable bonds is 17. The quantitative estimate of drug-likeness (QED) is 0.0495. The van der Waals surface area contributed by atoms with Gasteiger partial charge in [0.15, 0.2) is 23.0 Å². The van der Waals surface area contributed by atoms with E-state index in [1.165, 1.54) is 89.1 Å². The van der Waals surface area contributed by atoms with Gasteiger partial charge in [0.05, 0.1) is 68.6 Å². The Kier molecular flexibility index (Phi) is 17.4. The fourth-order valence-electron chi connectivity index (χ4n) is 5.96. The number of anilines is 1. The Morgan fingerprint density at radius 1 is 0.413 bits per heavy atom. The van der Waals surface area contributed by atoms with Crippen LogP contribution in [0.2, 0.25) is 40.2 Å². The highest BCUT2D eigenvalue weighted by molar-refractivity contribution is 6.39. The molecule has 21 heteroatoms. The molecule has 5 aromatic rings. The molecule has 13 nitrogen and oxygen atoms in total. The summed E-state index contributed by atoms with van der Waals surface area (Å²) in [6.07, 6.45) is -3.66. The van der Waals surface area contributed by atoms with Crippen LogP contribution in [0.4, 0.5) is 5.69 Å². The van der Waals surface area contributed by atoms with Gasteiger partial charge in [-0.05, 0) is 60.7 Å². The van der Waals surface area contributed by atoms with Gasteiger partial charge in [0.2, 0.25) is 12.5 Å². The van der Waals surface area contributed by atoms with Crippen LogP contribution >= 0.6 is 92.8 Å². The first-order chi connectivity index (χ1) is 30.1. The van der Waals surface area contributed by atoms with E-state index in [2.05, 4.69) is 0 Å². The molecular weight excluding hydrogens is 994 g/mol. The van der Waals surface area contributed by atoms with Crippen molar-refractivity contribution in [1.82, 2.24) is 0 Å². The first-order valence-corrected chi connectivity index (χ1v) is 20.8. The van der Waals surface area contributed by atoms with E-state index in [9.17, 15) is 19.2 Å². The molecule has 0 aliphatic rings. The Bertz CT molecular complexity index is 2370. The molecule has 0 spiro atoms. The van der Waals surface area contributed by atoms with Gasteiger partial charge in [0.1, 0.15) is 35.5 Å². The number of esters is 4. The molecule has 2 atom stereocenters. The van der Waals surface area contributed by atoms with Gasteiger partial charge in [0.25, 0.3) is 0 Å². The minimum Gasteiger partial charge on any atom is -0.494 e. The molecule has 5 rings (SSSR count). The van der Waals surface area contributed by atoms with Gasteiger partial charge in [-0.15, -0.1) is 0 Å². The van der Waals surface area contributed by atoms with Crippen molar-refractivity contribution in [3.8, 4) is 23.0 Å². The van der Waals surface area contributed by atoms with Crippen LogP contribution in [-0.2, 0) is 18.9 Å². The van der Waals surface area contributed by atoms with Crippen LogP contribution in [-0.4, -0.2) is 78.0 Å². The zero-order valence-corrected chi connectivity index (χ0v) is 39.0. The van der Waals surface area contributed by atoms with Crippen LogP contribution in [0.3, 0.4) is 0 Å². The number of halogens is 8. The highest BCUT2D eigenvalue weighted by atomic mass is 35.5. The average molecular weight is 1030 g/mol. The number of carbonyl (C=O) groups excluding carboxylic acids is 4. The van der Waals surface area contributed by atoms with Gasteiger partial charge in [-0.3, -0.25) is 4.90 Å². The van der Waals surface area contributed by atoms with Crippen LogP contribution in [0.15, 0.2) is 78.9 Å². The molecule has 2 unspecified atom stereocenters. The Morgan fingerprint density at radius 3 is 0.968 bits per heavy atom. The topological polar surface area (TPSA) is 145 Å². The number of benzene rings is 5. The second kappa shape index (κ2) is 22.3. The van der Waals surface area contributed by atoms with E-state index < -0.39 is 49.5 Å². The summed E-state index contributed by atoms with van der Waals surface area (Å²) in [5.74, 6) is -5.11. The number of methoxy groups -OCH3 is 4. The Balaban J connectivity index is 1.70. The van der Waals surface area contributed by atoms with Crippen molar-refractivity contribution in [3.63, 3.8) is 0 Å². The minimum absolute atomic E-state index is 0.0133. The Labute approximate surface area is 400 Å². The number of hydrogen-bond acceptors (Lipinski definition) is 13. The fourth-order valence-corrected chi connectivity index (χ4v) is 7.80. The summed E-state index contributed by atoms with van der Waals surface area (Å²) < 4.78 is 45.2. The molecule has 0 aromatic heterocycles. The molecule has 0 heterocycles. The van der Waals surface area contributed by atoms with Crippen molar-refractivity contribution in [2.45, 2.75) is 12.5 Å². The summed E-state index contributed by atoms with van der Waals surface area (Å²) in [4.78, 5) is 57.6. The first-order valence-electron chi connectivity index (χ1n) is 17.8. The number of ether oxygens (including phenoxy) is 8. The van der Waals surface area contributed by atoms with Gasteiger partial charge in [-0.25, -0.2) is 19.2 Å². The predicted molar refractivity (Wildman–Crippen MR) is 240 cm³/mol. The Hall–Kier alpha value is -4.70. The molecular formula is C42H31Cl8NO12. The molecule has 0 saturated heterocycles. The van der Waals surface area contributed by atoms with Crippen molar-refractivity contribution in [1.29, 1.82) is 0 Å². The maximum absolute atomic E-state index is 14.3. The molecule has 0 saturated carbocycles. The molecule has 332 valence electrons. The summed E-state index contributed by atoms with van der Waals surface area (Å²) >= 11 is 51.2. The van der Waals surface area contributed by atoms with Crippen LogP contribution < -0.4 is 23.8 Å². The molecule has 0 amide bonds. The van der Waals surface area contributed by atoms with Gasteiger partial charge < -0.3 is 37.9 Å². The van der Waals surface area contributed by atoms with E-state index in [4.69, 9.17) is 131 Å². The van der Waals surface area contributed by atoms with E-state index in [-0.39, 0.29) is 91.1 Å². The van der Waals surface area contributed by atoms with E-state index in [1.807, 2.05) is 0 Å². The number of nitrogens with zero attached hydrogens (tertiary/aromatic N) is 1. The van der Waals surface area contributed by atoms with Crippen LogP contribution in [0.25, 0.3) is 0 Å². The molecule has 63 heavy (non-hydrogen) atoms. The van der Waals surface area contributed by atoms with Crippen LogP contribution in [0, 0.1) is 0 Å². The zero-order valence-electron chi connectivity index (χ0n) is 32.9. The molecule has 0 N–H and O–H groups in total. The minimum atomic E-state index is -1.83. The third-order valence-electron chi connectivity index (χ3n) is 8.74. The van der Waals surface area contributed by atoms with Gasteiger partial charge in [-0.1, -0.05) is 111 Å². The zero-order chi connectivity index (χ0) is 46.1. The SMILES string of the molecule is COc1c(Cl)ccc(Cl)c1C(=O)OCC(OC(=O)c1c(Cl)ccc(Cl)c1OC)N(c1ccccc1)C(COC(=O)c1c(Cl)ccc(Cl)c1OC)OC(=O)c1c(Cl)ccc(Cl)c1OC. The van der Waals surface area contributed by atoms with Gasteiger partial charge in [0, 0.05) is 5.69 Å². The van der Waals surface area contributed by atoms with Gasteiger partial charge in [-0.2, -0.15) is 0 Å². The normalized spacial score (nSPS) is 11.7. The maximum atomic E-state index is 14.3. The summed E-state index contributed by atoms with van der Waals surface area (Å²) in [7, 11) is 5.00. The van der Waals surface area contributed by atoms with Crippen molar-refractivity contribution < 1.29 is 57.1 Å². The summed E-state index contributed by atoms with van der Waals surface area (Å²) in [6, 6.07) is 18.7. The van der Waals surface area contributed by atoms with E-state index in [0.717, 1.165) is 4.90 Å². The van der Waals surface area contributed by atoms with E-state index in [1.54, 1.807) is 18.2 Å². The lowest BCUT2D eigenvalue weighted by atomic mass is 10.2. The smallest absolute Gasteiger partial charge is 0.345 e. The number of carbonyl (C=O) groups is 4. The highest BCUT2D eigenvalue weighted by Gasteiger charge is 2.38. The van der Waals surface area contributed by atoms with Crippen LogP contribution in [0.1, 0.15) is 41.4 Å². The fraction of sp³-hybridized carbons (Fsp3) is 0.190. The summed E-state index contributed by atoms with van der Waals surface area (Å²) in [6.45, 7) is -1.74. The second-order valence-corrected chi connectivity index (χ2v) is 15.7. The van der Waals surface area contributed by atoms with Crippen molar-refractivity contribution in [2.75, 3.05) is 46.6 Å². The largest absolute Gasteiger partial charge is 0.494 e. The molecule has 0 fully saturated rings. The molecule has 0 aliphatic carbocycles. The van der Waals surface area contributed by atoms with Crippen molar-refractivity contribution >= 4 is 122 Å². The van der Waals surface area contributed by atoms with E-state index in [0.29, 0.717) is 0 Å². The molecule has 5 aromatic carbocycles. The molecule has 0 radical (unpaired) electrons. The second-order valence-electron chi connectivity index (χ2n) is 12.4. The summed E-state index contributed by atoms with van der Waals surface area (Å²) in [5.41, 5.74) is -1.11. The van der Waals surface area contributed by atoms with Crippen molar-refractivity contribution in [3.05, 3.63) is 141 Å². The lowest BCUT2D eigenvalue weighted by molar-refractivity contribution is -0.0353. The first kappa shape index (κ1) is 49.3. The van der Waals surface area contributed by atoms with Crippen molar-refractivity contribution in [2.24, 2.45) is 0 Å². The monoisotopic (exact) mass is 1020 g/mol. The Morgan fingerprint density at radius 2 is 0.683 bits per heavy atom. The third kappa shape index (κ3) is 11.2. The third-order valence-corrected chi connectivity index (χ3v) is 11.2. The average Bonchev–Trinajstić information content (AvgIpc) is 3.27. The highest BCUT2D eigenvalue weighted by Crippen LogP contribution is 2.39. The maximum Gasteiger partial charge on any atom is 0.345 e. The number of para-hydroxylation sites is 1. The lowest BCUT2D eigenvalue weighted by Crippen LogP contribution is -2.52.